The molecule has 6 heteroatoms. The predicted molar refractivity (Wildman–Crippen MR) is 86.1 cm³/mol. The number of hydrogen-bond acceptors (Lipinski definition) is 4. The minimum absolute atomic E-state index is 0.0787. The average molecular weight is 315 g/mol. The molecule has 4 atom stereocenters. The van der Waals surface area contributed by atoms with Gasteiger partial charge in [0.15, 0.2) is 11.5 Å². The SMILES string of the molecule is Cc1nc2ccc(NC(=O)NC3C4CCC(C4)C3CO)cc2o1. The number of carbonyl (C=O) groups is 1. The van der Waals surface area contributed by atoms with Crippen LogP contribution in [0.25, 0.3) is 11.1 Å². The molecule has 2 aliphatic carbocycles. The van der Waals surface area contributed by atoms with E-state index in [0.717, 1.165) is 18.4 Å². The minimum atomic E-state index is -0.225. The summed E-state index contributed by atoms with van der Waals surface area (Å²) in [6.07, 6.45) is 3.45. The van der Waals surface area contributed by atoms with Gasteiger partial charge in [-0.2, -0.15) is 0 Å². The Bertz CT molecular complexity index is 742. The van der Waals surface area contributed by atoms with Crippen LogP contribution in [-0.4, -0.2) is 28.8 Å². The lowest BCUT2D eigenvalue weighted by atomic mass is 9.85. The summed E-state index contributed by atoms with van der Waals surface area (Å²) < 4.78 is 5.48. The number of nitrogens with zero attached hydrogens (tertiary/aromatic N) is 1. The highest BCUT2D eigenvalue weighted by Crippen LogP contribution is 2.48. The number of urea groups is 1. The Morgan fingerprint density at radius 1 is 1.39 bits per heavy atom. The maximum absolute atomic E-state index is 12.3. The third-order valence-electron chi connectivity index (χ3n) is 5.35. The minimum Gasteiger partial charge on any atom is -0.441 e. The summed E-state index contributed by atoms with van der Waals surface area (Å²) in [6, 6.07) is 5.27. The number of oxazole rings is 1. The normalized spacial score (nSPS) is 29.1. The van der Waals surface area contributed by atoms with Crippen LogP contribution in [0.5, 0.6) is 0 Å². The molecule has 2 bridgehead atoms. The molecule has 4 rings (SSSR count). The first-order valence-corrected chi connectivity index (χ1v) is 8.19. The zero-order chi connectivity index (χ0) is 16.0. The van der Waals surface area contributed by atoms with Crippen LogP contribution in [0.15, 0.2) is 22.6 Å². The van der Waals surface area contributed by atoms with Gasteiger partial charge in [0.1, 0.15) is 5.52 Å². The van der Waals surface area contributed by atoms with Crippen LogP contribution in [0.2, 0.25) is 0 Å². The van der Waals surface area contributed by atoms with E-state index in [0.29, 0.717) is 29.0 Å². The summed E-state index contributed by atoms with van der Waals surface area (Å²) in [5, 5.41) is 15.5. The van der Waals surface area contributed by atoms with E-state index in [1.165, 1.54) is 6.42 Å². The van der Waals surface area contributed by atoms with Gasteiger partial charge in [-0.05, 0) is 43.2 Å². The van der Waals surface area contributed by atoms with Gasteiger partial charge in [0, 0.05) is 37.2 Å². The van der Waals surface area contributed by atoms with E-state index in [9.17, 15) is 9.90 Å². The van der Waals surface area contributed by atoms with Crippen LogP contribution >= 0.6 is 0 Å². The van der Waals surface area contributed by atoms with Gasteiger partial charge in [0.05, 0.1) is 0 Å². The second kappa shape index (κ2) is 5.53. The van der Waals surface area contributed by atoms with E-state index < -0.39 is 0 Å². The highest BCUT2D eigenvalue weighted by atomic mass is 16.3. The van der Waals surface area contributed by atoms with Crippen LogP contribution in [0.3, 0.4) is 0 Å². The molecule has 0 aliphatic heterocycles. The Morgan fingerprint density at radius 2 is 2.22 bits per heavy atom. The zero-order valence-electron chi connectivity index (χ0n) is 13.1. The fraction of sp³-hybridized carbons (Fsp3) is 0.529. The Kier molecular flexibility index (Phi) is 3.49. The van der Waals surface area contributed by atoms with Crippen molar-refractivity contribution >= 4 is 22.8 Å². The number of aliphatic hydroxyl groups is 1. The van der Waals surface area contributed by atoms with E-state index in [1.807, 2.05) is 12.1 Å². The van der Waals surface area contributed by atoms with Crippen LogP contribution in [0.1, 0.15) is 25.2 Å². The van der Waals surface area contributed by atoms with E-state index >= 15 is 0 Å². The van der Waals surface area contributed by atoms with E-state index in [-0.39, 0.29) is 24.6 Å². The van der Waals surface area contributed by atoms with Crippen molar-refractivity contribution in [1.82, 2.24) is 10.3 Å². The highest BCUT2D eigenvalue weighted by Gasteiger charge is 2.47. The second-order valence-corrected chi connectivity index (χ2v) is 6.72. The summed E-state index contributed by atoms with van der Waals surface area (Å²) in [4.78, 5) is 16.5. The lowest BCUT2D eigenvalue weighted by molar-refractivity contribution is 0.146. The Morgan fingerprint density at radius 3 is 3.04 bits per heavy atom. The first-order chi connectivity index (χ1) is 11.1. The van der Waals surface area contributed by atoms with Gasteiger partial charge in [-0.3, -0.25) is 0 Å². The molecule has 122 valence electrons. The molecular formula is C17H21N3O3. The topological polar surface area (TPSA) is 87.4 Å². The van der Waals surface area contributed by atoms with E-state index in [2.05, 4.69) is 15.6 Å². The van der Waals surface area contributed by atoms with Crippen molar-refractivity contribution in [3.05, 3.63) is 24.1 Å². The molecule has 1 heterocycles. The highest BCUT2D eigenvalue weighted by molar-refractivity contribution is 5.91. The molecule has 0 radical (unpaired) electrons. The first-order valence-electron chi connectivity index (χ1n) is 8.19. The third-order valence-corrected chi connectivity index (χ3v) is 5.35. The fourth-order valence-corrected chi connectivity index (χ4v) is 4.33. The van der Waals surface area contributed by atoms with Crippen molar-refractivity contribution in [3.63, 3.8) is 0 Å². The maximum atomic E-state index is 12.3. The van der Waals surface area contributed by atoms with Gasteiger partial charge in [-0.1, -0.05) is 0 Å². The Balaban J connectivity index is 1.44. The zero-order valence-corrected chi connectivity index (χ0v) is 13.1. The van der Waals surface area contributed by atoms with Crippen LogP contribution < -0.4 is 10.6 Å². The molecule has 0 saturated heterocycles. The van der Waals surface area contributed by atoms with Crippen molar-refractivity contribution in [1.29, 1.82) is 0 Å². The van der Waals surface area contributed by atoms with Crippen LogP contribution in [0, 0.1) is 24.7 Å². The number of aliphatic hydroxyl groups excluding tert-OH is 1. The molecule has 3 N–H and O–H groups in total. The maximum Gasteiger partial charge on any atom is 0.319 e. The van der Waals surface area contributed by atoms with Crippen molar-refractivity contribution in [2.45, 2.75) is 32.2 Å². The smallest absolute Gasteiger partial charge is 0.319 e. The van der Waals surface area contributed by atoms with E-state index in [4.69, 9.17) is 4.42 Å². The van der Waals surface area contributed by atoms with Gasteiger partial charge < -0.3 is 20.2 Å². The van der Waals surface area contributed by atoms with Gasteiger partial charge in [0.2, 0.25) is 0 Å². The molecule has 4 unspecified atom stereocenters. The monoisotopic (exact) mass is 315 g/mol. The molecule has 1 aromatic carbocycles. The second-order valence-electron chi connectivity index (χ2n) is 6.72. The average Bonchev–Trinajstić information content (AvgIpc) is 3.19. The largest absolute Gasteiger partial charge is 0.441 e. The fourth-order valence-electron chi connectivity index (χ4n) is 4.33. The molecule has 2 aliphatic rings. The third kappa shape index (κ3) is 2.57. The van der Waals surface area contributed by atoms with Gasteiger partial charge in [0.25, 0.3) is 0 Å². The summed E-state index contributed by atoms with van der Waals surface area (Å²) >= 11 is 0. The lowest BCUT2D eigenvalue weighted by Gasteiger charge is -2.30. The summed E-state index contributed by atoms with van der Waals surface area (Å²) in [7, 11) is 0. The first kappa shape index (κ1) is 14.5. The number of hydrogen-bond donors (Lipinski definition) is 3. The van der Waals surface area contributed by atoms with Crippen molar-refractivity contribution in [3.8, 4) is 0 Å². The number of carbonyl (C=O) groups excluding carboxylic acids is 1. The summed E-state index contributed by atoms with van der Waals surface area (Å²) in [5.74, 6) is 1.86. The number of amides is 2. The quantitative estimate of drug-likeness (QED) is 0.812. The number of aryl methyl sites for hydroxylation is 1. The number of anilines is 1. The van der Waals surface area contributed by atoms with Crippen LogP contribution in [-0.2, 0) is 0 Å². The van der Waals surface area contributed by atoms with Gasteiger partial charge in [-0.15, -0.1) is 0 Å². The van der Waals surface area contributed by atoms with Gasteiger partial charge in [-0.25, -0.2) is 9.78 Å². The number of aromatic nitrogens is 1. The molecule has 23 heavy (non-hydrogen) atoms. The number of benzene rings is 1. The molecule has 6 nitrogen and oxygen atoms in total. The Labute approximate surface area is 134 Å². The molecule has 2 aromatic rings. The van der Waals surface area contributed by atoms with E-state index in [1.54, 1.807) is 13.0 Å². The molecule has 2 fully saturated rings. The molecular weight excluding hydrogens is 294 g/mol. The number of nitrogens with one attached hydrogen (secondary N) is 2. The predicted octanol–water partition coefficient (Wildman–Crippen LogP) is 2.66. The molecule has 1 aromatic heterocycles. The summed E-state index contributed by atoms with van der Waals surface area (Å²) in [5.41, 5.74) is 2.12. The lowest BCUT2D eigenvalue weighted by Crippen LogP contribution is -2.46. The molecule has 0 spiro atoms. The van der Waals surface area contributed by atoms with Gasteiger partial charge >= 0.3 is 6.03 Å². The van der Waals surface area contributed by atoms with Crippen LogP contribution in [0.4, 0.5) is 10.5 Å². The standard InChI is InChI=1S/C17H21N3O3/c1-9-18-14-5-4-12(7-15(14)23-9)19-17(22)20-16-11-3-2-10(6-11)13(16)8-21/h4-5,7,10-11,13,16,21H,2-3,6,8H2,1H3,(H2,19,20,22). The Hall–Kier alpha value is -2.08. The number of fused-ring (bicyclic) bond motifs is 3. The molecule has 2 saturated carbocycles. The molecule has 2 amide bonds. The number of rotatable bonds is 3. The summed E-state index contributed by atoms with van der Waals surface area (Å²) in [6.45, 7) is 1.94. The van der Waals surface area contributed by atoms with Crippen molar-refractivity contribution < 1.29 is 14.3 Å². The van der Waals surface area contributed by atoms with Crippen molar-refractivity contribution in [2.24, 2.45) is 17.8 Å². The van der Waals surface area contributed by atoms with Crippen molar-refractivity contribution in [2.75, 3.05) is 11.9 Å².